The number of fused-ring (bicyclic) bond motifs is 4. The van der Waals surface area contributed by atoms with E-state index in [-0.39, 0.29) is 0 Å². The lowest BCUT2D eigenvalue weighted by Gasteiger charge is -2.34. The van der Waals surface area contributed by atoms with E-state index in [4.69, 9.17) is 5.10 Å². The highest BCUT2D eigenvalue weighted by molar-refractivity contribution is 5.39. The average Bonchev–Trinajstić information content (AvgIpc) is 3.45. The van der Waals surface area contributed by atoms with E-state index in [0.29, 0.717) is 10.8 Å². The smallest absolute Gasteiger partial charge is 0.0721 e. The monoisotopic (exact) mass is 410 g/mol. The summed E-state index contributed by atoms with van der Waals surface area (Å²) in [7, 11) is 4.18. The number of hydrogen-bond acceptors (Lipinski definition) is 4. The summed E-state index contributed by atoms with van der Waals surface area (Å²) in [4.78, 5) is 0. The Labute approximate surface area is 180 Å². The van der Waals surface area contributed by atoms with Crippen LogP contribution in [0.2, 0.25) is 0 Å². The molecule has 0 bridgehead atoms. The maximum atomic E-state index is 4.76. The van der Waals surface area contributed by atoms with Gasteiger partial charge < -0.3 is 10.6 Å². The van der Waals surface area contributed by atoms with Crippen LogP contribution in [0.1, 0.15) is 72.4 Å². The third kappa shape index (κ3) is 3.06. The minimum absolute atomic E-state index is 0.423. The van der Waals surface area contributed by atoms with E-state index in [1.165, 1.54) is 81.5 Å². The van der Waals surface area contributed by atoms with Gasteiger partial charge >= 0.3 is 0 Å². The van der Waals surface area contributed by atoms with E-state index in [1.54, 1.807) is 16.8 Å². The van der Waals surface area contributed by atoms with Gasteiger partial charge in [0.25, 0.3) is 0 Å². The molecule has 0 unspecified atom stereocenters. The zero-order chi connectivity index (χ0) is 20.9. The molecule has 6 nitrogen and oxygen atoms in total. The van der Waals surface area contributed by atoms with Gasteiger partial charge in [0, 0.05) is 36.3 Å². The zero-order valence-electron chi connectivity index (χ0n) is 19.3. The van der Waals surface area contributed by atoms with Gasteiger partial charge in [-0.15, -0.1) is 0 Å². The molecule has 4 aliphatic rings. The van der Waals surface area contributed by atoms with E-state index >= 15 is 0 Å². The first kappa shape index (κ1) is 20.3. The van der Waals surface area contributed by atoms with Gasteiger partial charge in [0.05, 0.1) is 11.4 Å². The van der Waals surface area contributed by atoms with Crippen molar-refractivity contribution < 1.29 is 0 Å². The first-order chi connectivity index (χ1) is 14.5. The molecule has 2 saturated heterocycles. The SMILES string of the molecule is Cc1c2c(nn1C)C1(CCNCC1)CC2.Cc1nn(C)c2c1CCC21CCNCC1. The fourth-order valence-electron chi connectivity index (χ4n) is 6.79. The summed E-state index contributed by atoms with van der Waals surface area (Å²) in [5.41, 5.74) is 9.55. The van der Waals surface area contributed by atoms with Crippen LogP contribution in [0.15, 0.2) is 0 Å². The highest BCUT2D eigenvalue weighted by Crippen LogP contribution is 2.46. The molecule has 0 amide bonds. The number of nitrogens with one attached hydrogen (secondary N) is 2. The van der Waals surface area contributed by atoms with Gasteiger partial charge in [0.15, 0.2) is 0 Å². The predicted molar refractivity (Wildman–Crippen MR) is 120 cm³/mol. The fourth-order valence-corrected chi connectivity index (χ4v) is 6.79. The Hall–Kier alpha value is -1.66. The second-order valence-electron chi connectivity index (χ2n) is 10.1. The third-order valence-corrected chi connectivity index (χ3v) is 8.64. The Morgan fingerprint density at radius 3 is 1.93 bits per heavy atom. The van der Waals surface area contributed by atoms with Crippen molar-refractivity contribution in [2.45, 2.75) is 76.0 Å². The largest absolute Gasteiger partial charge is 0.317 e. The Kier molecular flexibility index (Phi) is 5.05. The normalized spacial score (nSPS) is 23.3. The Morgan fingerprint density at radius 2 is 1.27 bits per heavy atom. The summed E-state index contributed by atoms with van der Waals surface area (Å²) in [6.07, 6.45) is 10.3. The van der Waals surface area contributed by atoms with Gasteiger partial charge in [-0.2, -0.15) is 10.2 Å². The fraction of sp³-hybridized carbons (Fsp3) is 0.750. The molecule has 30 heavy (non-hydrogen) atoms. The average molecular weight is 411 g/mol. The number of nitrogens with zero attached hydrogens (tertiary/aromatic N) is 4. The second-order valence-corrected chi connectivity index (χ2v) is 10.1. The Bertz CT molecular complexity index is 924. The number of piperidine rings is 2. The molecule has 2 aromatic heterocycles. The summed E-state index contributed by atoms with van der Waals surface area (Å²) in [6, 6.07) is 0. The Morgan fingerprint density at radius 1 is 0.700 bits per heavy atom. The molecule has 2 aliphatic carbocycles. The van der Waals surface area contributed by atoms with Crippen LogP contribution in [0.3, 0.4) is 0 Å². The molecule has 0 aromatic carbocycles. The van der Waals surface area contributed by atoms with Gasteiger partial charge in [-0.25, -0.2) is 0 Å². The van der Waals surface area contributed by atoms with E-state index in [9.17, 15) is 0 Å². The minimum Gasteiger partial charge on any atom is -0.317 e. The molecule has 0 radical (unpaired) electrons. The quantitative estimate of drug-likeness (QED) is 0.701. The van der Waals surface area contributed by atoms with Crippen molar-refractivity contribution in [3.63, 3.8) is 0 Å². The molecule has 6 rings (SSSR count). The lowest BCUT2D eigenvalue weighted by molar-refractivity contribution is 0.290. The topological polar surface area (TPSA) is 59.7 Å². The van der Waals surface area contributed by atoms with Crippen LogP contribution in [0.25, 0.3) is 0 Å². The standard InChI is InChI=1S/2C12H19N3/c1-9-10-3-4-12(5-7-13-8-6-12)11(10)14-15(9)2;1-9-10-3-4-12(5-7-13-8-6-12)11(10)15(2)14-9/h2*13H,3-8H2,1-2H3. The maximum absolute atomic E-state index is 4.76. The molecule has 0 atom stereocenters. The minimum atomic E-state index is 0.423. The van der Waals surface area contributed by atoms with Crippen LogP contribution in [0, 0.1) is 13.8 Å². The van der Waals surface area contributed by atoms with E-state index in [1.807, 2.05) is 0 Å². The van der Waals surface area contributed by atoms with Gasteiger partial charge in [-0.1, -0.05) is 0 Å². The van der Waals surface area contributed by atoms with Gasteiger partial charge in [0.2, 0.25) is 0 Å². The van der Waals surface area contributed by atoms with Crippen LogP contribution in [-0.4, -0.2) is 45.7 Å². The van der Waals surface area contributed by atoms with Gasteiger partial charge in [0.1, 0.15) is 0 Å². The van der Waals surface area contributed by atoms with Gasteiger partial charge in [-0.05, 0) is 103 Å². The van der Waals surface area contributed by atoms with Crippen LogP contribution in [0.4, 0.5) is 0 Å². The first-order valence-electron chi connectivity index (χ1n) is 11.9. The summed E-state index contributed by atoms with van der Waals surface area (Å²) in [5.74, 6) is 0. The number of rotatable bonds is 0. The highest BCUT2D eigenvalue weighted by Gasteiger charge is 2.44. The van der Waals surface area contributed by atoms with Crippen LogP contribution in [-0.2, 0) is 37.8 Å². The van der Waals surface area contributed by atoms with Crippen molar-refractivity contribution >= 4 is 0 Å². The van der Waals surface area contributed by atoms with Gasteiger partial charge in [-0.3, -0.25) is 9.36 Å². The number of aryl methyl sites for hydroxylation is 3. The third-order valence-electron chi connectivity index (χ3n) is 8.64. The highest BCUT2D eigenvalue weighted by atomic mass is 15.3. The molecule has 2 fully saturated rings. The molecule has 6 heteroatoms. The summed E-state index contributed by atoms with van der Waals surface area (Å²) in [5, 5.41) is 16.3. The summed E-state index contributed by atoms with van der Waals surface area (Å²) >= 11 is 0. The maximum Gasteiger partial charge on any atom is 0.0721 e. The van der Waals surface area contributed by atoms with E-state index in [0.717, 1.165) is 13.1 Å². The van der Waals surface area contributed by atoms with Crippen molar-refractivity contribution in [1.29, 1.82) is 0 Å². The number of aromatic nitrogens is 4. The van der Waals surface area contributed by atoms with Crippen LogP contribution < -0.4 is 10.6 Å². The molecule has 164 valence electrons. The molecular weight excluding hydrogens is 372 g/mol. The Balaban J connectivity index is 0.000000128. The zero-order valence-corrected chi connectivity index (χ0v) is 19.3. The second kappa shape index (κ2) is 7.49. The van der Waals surface area contributed by atoms with Crippen molar-refractivity contribution in [3.8, 4) is 0 Å². The van der Waals surface area contributed by atoms with Crippen LogP contribution >= 0.6 is 0 Å². The van der Waals surface area contributed by atoms with Crippen molar-refractivity contribution in [2.24, 2.45) is 14.1 Å². The molecule has 4 heterocycles. The lowest BCUT2D eigenvalue weighted by atomic mass is 9.77. The van der Waals surface area contributed by atoms with E-state index in [2.05, 4.69) is 53.0 Å². The number of hydrogen-bond donors (Lipinski definition) is 2. The molecule has 2 aromatic rings. The first-order valence-corrected chi connectivity index (χ1v) is 11.9. The summed E-state index contributed by atoms with van der Waals surface area (Å²) in [6.45, 7) is 9.02. The predicted octanol–water partition coefficient (Wildman–Crippen LogP) is 2.59. The van der Waals surface area contributed by atoms with Crippen LogP contribution in [0.5, 0.6) is 0 Å². The lowest BCUT2D eigenvalue weighted by Crippen LogP contribution is -2.39. The molecule has 2 aliphatic heterocycles. The molecular formula is C24H38N6. The van der Waals surface area contributed by atoms with E-state index < -0.39 is 0 Å². The molecule has 2 spiro atoms. The molecule has 0 saturated carbocycles. The van der Waals surface area contributed by atoms with Crippen molar-refractivity contribution in [3.05, 3.63) is 33.9 Å². The molecule has 2 N–H and O–H groups in total. The van der Waals surface area contributed by atoms with Crippen molar-refractivity contribution in [2.75, 3.05) is 26.2 Å². The summed E-state index contributed by atoms with van der Waals surface area (Å²) < 4.78 is 4.20. The van der Waals surface area contributed by atoms with Crippen molar-refractivity contribution in [1.82, 2.24) is 30.2 Å².